The number of carbonyl (C=O) groups excluding carboxylic acids is 1. The molecule has 0 radical (unpaired) electrons. The van der Waals surface area contributed by atoms with Crippen LogP contribution in [-0.2, 0) is 17.8 Å². The predicted molar refractivity (Wildman–Crippen MR) is 118 cm³/mol. The minimum Gasteiger partial charge on any atom is -0.343 e. The Labute approximate surface area is 175 Å². The average molecular weight is 397 g/mol. The normalized spacial score (nSPS) is 15.1. The van der Waals surface area contributed by atoms with E-state index in [-0.39, 0.29) is 5.91 Å². The van der Waals surface area contributed by atoms with E-state index >= 15 is 0 Å². The Kier molecular flexibility index (Phi) is 7.48. The van der Waals surface area contributed by atoms with Gasteiger partial charge in [-0.05, 0) is 70.2 Å². The number of hydrogen-bond donors (Lipinski definition) is 1. The van der Waals surface area contributed by atoms with Crippen molar-refractivity contribution in [3.05, 3.63) is 52.3 Å². The smallest absolute Gasteiger partial charge is 0.222 e. The van der Waals surface area contributed by atoms with Crippen LogP contribution in [0.3, 0.4) is 0 Å². The first-order chi connectivity index (χ1) is 14.0. The second-order valence-electron chi connectivity index (χ2n) is 8.42. The molecule has 29 heavy (non-hydrogen) atoms. The lowest BCUT2D eigenvalue weighted by Gasteiger charge is -2.32. The molecule has 158 valence electrons. The minimum atomic E-state index is 0.289. The van der Waals surface area contributed by atoms with Gasteiger partial charge >= 0.3 is 0 Å². The highest BCUT2D eigenvalue weighted by Gasteiger charge is 2.23. The van der Waals surface area contributed by atoms with Crippen LogP contribution in [0.1, 0.15) is 54.3 Å². The molecule has 1 fully saturated rings. The number of aromatic nitrogens is 2. The molecule has 2 aromatic rings. The van der Waals surface area contributed by atoms with Crippen LogP contribution in [0.15, 0.2) is 24.3 Å². The lowest BCUT2D eigenvalue weighted by atomic mass is 9.96. The van der Waals surface area contributed by atoms with Crippen molar-refractivity contribution >= 4 is 5.91 Å². The van der Waals surface area contributed by atoms with E-state index in [0.29, 0.717) is 12.3 Å². The number of nitrogens with zero attached hydrogens (tertiary/aromatic N) is 3. The number of carbonyl (C=O) groups is 1. The fourth-order valence-corrected chi connectivity index (χ4v) is 4.24. The van der Waals surface area contributed by atoms with Gasteiger partial charge < -0.3 is 10.2 Å². The molecule has 3 rings (SSSR count). The molecule has 0 spiro atoms. The van der Waals surface area contributed by atoms with Gasteiger partial charge in [0, 0.05) is 25.2 Å². The highest BCUT2D eigenvalue weighted by Crippen LogP contribution is 2.20. The van der Waals surface area contributed by atoms with Crippen molar-refractivity contribution in [1.82, 2.24) is 20.0 Å². The third kappa shape index (κ3) is 5.69. The molecule has 2 heterocycles. The second-order valence-corrected chi connectivity index (χ2v) is 8.42. The molecule has 0 bridgehead atoms. The number of piperidine rings is 1. The summed E-state index contributed by atoms with van der Waals surface area (Å²) < 4.78 is 2.08. The summed E-state index contributed by atoms with van der Waals surface area (Å²) in [5, 5.41) is 8.17. The number of aryl methyl sites for hydroxylation is 2. The summed E-state index contributed by atoms with van der Waals surface area (Å²) >= 11 is 0. The summed E-state index contributed by atoms with van der Waals surface area (Å²) in [6.45, 7) is 13.1. The molecule has 5 heteroatoms. The minimum absolute atomic E-state index is 0.289. The van der Waals surface area contributed by atoms with Crippen LogP contribution in [0.25, 0.3) is 0 Å². The third-order valence-electron chi connectivity index (χ3n) is 6.22. The Morgan fingerprint density at radius 1 is 1.14 bits per heavy atom. The highest BCUT2D eigenvalue weighted by atomic mass is 16.2. The highest BCUT2D eigenvalue weighted by molar-refractivity contribution is 5.76. The molecule has 0 atom stereocenters. The van der Waals surface area contributed by atoms with Gasteiger partial charge in [0.05, 0.1) is 12.2 Å². The van der Waals surface area contributed by atoms with Gasteiger partial charge in [0.25, 0.3) is 0 Å². The molecule has 1 N–H and O–H groups in total. The van der Waals surface area contributed by atoms with Gasteiger partial charge in [-0.3, -0.25) is 9.48 Å². The van der Waals surface area contributed by atoms with Crippen molar-refractivity contribution in [3.8, 4) is 0 Å². The standard InChI is InChI=1S/C24H36N4O/c1-5-25-16-21-12-14-27(15-13-21)24(29)11-10-23-19(3)26-28(20(23)4)17-22-8-6-18(2)7-9-22/h6-9,21,25H,5,10-17H2,1-4H3. The first-order valence-corrected chi connectivity index (χ1v) is 11.0. The molecule has 1 amide bonds. The number of amides is 1. The average Bonchev–Trinajstić information content (AvgIpc) is 2.99. The molecule has 1 aromatic heterocycles. The number of hydrogen-bond acceptors (Lipinski definition) is 3. The van der Waals surface area contributed by atoms with Crippen molar-refractivity contribution in [2.75, 3.05) is 26.2 Å². The molecule has 0 unspecified atom stereocenters. The van der Waals surface area contributed by atoms with Crippen LogP contribution < -0.4 is 5.32 Å². The maximum Gasteiger partial charge on any atom is 0.222 e. The van der Waals surface area contributed by atoms with Crippen LogP contribution >= 0.6 is 0 Å². The molecular weight excluding hydrogens is 360 g/mol. The number of benzene rings is 1. The Morgan fingerprint density at radius 2 is 1.83 bits per heavy atom. The number of rotatable bonds is 8. The van der Waals surface area contributed by atoms with E-state index in [0.717, 1.165) is 57.7 Å². The van der Waals surface area contributed by atoms with E-state index in [1.54, 1.807) is 0 Å². The third-order valence-corrected chi connectivity index (χ3v) is 6.22. The predicted octanol–water partition coefficient (Wildman–Crippen LogP) is 3.64. The lowest BCUT2D eigenvalue weighted by Crippen LogP contribution is -2.40. The van der Waals surface area contributed by atoms with Crippen molar-refractivity contribution < 1.29 is 4.79 Å². The maximum atomic E-state index is 12.7. The summed E-state index contributed by atoms with van der Waals surface area (Å²) in [7, 11) is 0. The first kappa shape index (κ1) is 21.6. The molecule has 1 aliphatic heterocycles. The van der Waals surface area contributed by atoms with E-state index in [1.807, 2.05) is 0 Å². The summed E-state index contributed by atoms with van der Waals surface area (Å²) in [5.41, 5.74) is 5.98. The van der Waals surface area contributed by atoms with Crippen LogP contribution in [-0.4, -0.2) is 46.8 Å². The van der Waals surface area contributed by atoms with Gasteiger partial charge in [0.15, 0.2) is 0 Å². The van der Waals surface area contributed by atoms with Crippen molar-refractivity contribution in [2.24, 2.45) is 5.92 Å². The molecule has 1 aliphatic rings. The summed E-state index contributed by atoms with van der Waals surface area (Å²) in [5.74, 6) is 1.00. The van der Waals surface area contributed by atoms with Gasteiger partial charge in [-0.2, -0.15) is 5.10 Å². The van der Waals surface area contributed by atoms with Crippen LogP contribution in [0, 0.1) is 26.7 Å². The largest absolute Gasteiger partial charge is 0.343 e. The monoisotopic (exact) mass is 396 g/mol. The molecule has 1 aromatic carbocycles. The topological polar surface area (TPSA) is 50.2 Å². The number of nitrogens with one attached hydrogen (secondary N) is 1. The van der Waals surface area contributed by atoms with Gasteiger partial charge in [0.2, 0.25) is 5.91 Å². The van der Waals surface area contributed by atoms with Crippen molar-refractivity contribution in [1.29, 1.82) is 0 Å². The Balaban J connectivity index is 1.53. The van der Waals surface area contributed by atoms with E-state index in [2.05, 4.69) is 66.9 Å². The Hall–Kier alpha value is -2.14. The molecular formula is C24H36N4O. The number of likely N-dealkylation sites (tertiary alicyclic amines) is 1. The SMILES string of the molecule is CCNCC1CCN(C(=O)CCc2c(C)nn(Cc3ccc(C)cc3)c2C)CC1. The Morgan fingerprint density at radius 3 is 2.48 bits per heavy atom. The summed E-state index contributed by atoms with van der Waals surface area (Å²) in [6.07, 6.45) is 3.59. The molecule has 1 saturated heterocycles. The second kappa shape index (κ2) is 10.1. The summed E-state index contributed by atoms with van der Waals surface area (Å²) in [6, 6.07) is 8.60. The zero-order valence-electron chi connectivity index (χ0n) is 18.5. The zero-order valence-corrected chi connectivity index (χ0v) is 18.5. The van der Waals surface area contributed by atoms with Crippen LogP contribution in [0.5, 0.6) is 0 Å². The Bertz CT molecular complexity index is 801. The summed E-state index contributed by atoms with van der Waals surface area (Å²) in [4.78, 5) is 14.8. The van der Waals surface area contributed by atoms with Gasteiger partial charge in [0.1, 0.15) is 0 Å². The van der Waals surface area contributed by atoms with Crippen LogP contribution in [0.4, 0.5) is 0 Å². The molecule has 0 saturated carbocycles. The molecule has 0 aliphatic carbocycles. The van der Waals surface area contributed by atoms with Crippen molar-refractivity contribution in [2.45, 2.75) is 59.9 Å². The first-order valence-electron chi connectivity index (χ1n) is 11.0. The fourth-order valence-electron chi connectivity index (χ4n) is 4.24. The van der Waals surface area contributed by atoms with Gasteiger partial charge in [-0.25, -0.2) is 0 Å². The quantitative estimate of drug-likeness (QED) is 0.741. The van der Waals surface area contributed by atoms with Gasteiger partial charge in [-0.1, -0.05) is 36.8 Å². The van der Waals surface area contributed by atoms with E-state index in [1.165, 1.54) is 22.4 Å². The van der Waals surface area contributed by atoms with E-state index < -0.39 is 0 Å². The van der Waals surface area contributed by atoms with E-state index in [4.69, 9.17) is 5.10 Å². The lowest BCUT2D eigenvalue weighted by molar-refractivity contribution is -0.132. The van der Waals surface area contributed by atoms with E-state index in [9.17, 15) is 4.79 Å². The zero-order chi connectivity index (χ0) is 20.8. The van der Waals surface area contributed by atoms with Crippen LogP contribution in [0.2, 0.25) is 0 Å². The fraction of sp³-hybridized carbons (Fsp3) is 0.583. The van der Waals surface area contributed by atoms with Gasteiger partial charge in [-0.15, -0.1) is 0 Å². The molecule has 5 nitrogen and oxygen atoms in total. The van der Waals surface area contributed by atoms with Crippen molar-refractivity contribution in [3.63, 3.8) is 0 Å². The maximum absolute atomic E-state index is 12.7.